The number of hydrogen-bond acceptors (Lipinski definition) is 3. The molecule has 8 heteroatoms. The number of carbonyl (C=O) groups excluding carboxylic acids is 2. The van der Waals surface area contributed by atoms with Gasteiger partial charge in [0.2, 0.25) is 5.91 Å². The molecular weight excluding hydrogens is 329 g/mol. The van der Waals surface area contributed by atoms with Gasteiger partial charge < -0.3 is 0 Å². The van der Waals surface area contributed by atoms with Gasteiger partial charge in [-0.3, -0.25) is 20.4 Å². The number of hydrazine groups is 1. The summed E-state index contributed by atoms with van der Waals surface area (Å²) in [4.78, 5) is 22.0. The van der Waals surface area contributed by atoms with E-state index in [1.54, 1.807) is 5.43 Å². The minimum absolute atomic E-state index is 0.0681. The lowest BCUT2D eigenvalue weighted by molar-refractivity contribution is -0.175. The number of thioether (sulfide) groups is 1. The molecule has 0 saturated carbocycles. The van der Waals surface area contributed by atoms with Crippen LogP contribution in [0.4, 0.5) is 13.2 Å². The molecule has 0 spiro atoms. The summed E-state index contributed by atoms with van der Waals surface area (Å²) >= 11 is 1.24. The first-order chi connectivity index (χ1) is 10.9. The van der Waals surface area contributed by atoms with Gasteiger partial charge in [-0.05, 0) is 16.3 Å². The topological polar surface area (TPSA) is 58.2 Å². The Labute approximate surface area is 134 Å². The molecule has 2 rings (SSSR count). The molecule has 0 bridgehead atoms. The lowest BCUT2D eigenvalue weighted by Crippen LogP contribution is -2.48. The highest BCUT2D eigenvalue weighted by molar-refractivity contribution is 7.99. The van der Waals surface area contributed by atoms with E-state index in [1.807, 2.05) is 42.5 Å². The zero-order valence-corrected chi connectivity index (χ0v) is 12.6. The Hall–Kier alpha value is -2.22. The second kappa shape index (κ2) is 7.36. The number of rotatable bonds is 4. The zero-order chi connectivity index (χ0) is 16.9. The molecule has 2 aromatic rings. The molecule has 0 fully saturated rings. The Morgan fingerprint density at radius 1 is 1.00 bits per heavy atom. The molecule has 122 valence electrons. The predicted octanol–water partition coefficient (Wildman–Crippen LogP) is 2.78. The average molecular weight is 342 g/mol. The van der Waals surface area contributed by atoms with Crippen LogP contribution in [0.25, 0.3) is 10.8 Å². The van der Waals surface area contributed by atoms with E-state index in [0.717, 1.165) is 16.3 Å². The third-order valence-electron chi connectivity index (χ3n) is 2.94. The molecule has 0 aliphatic carbocycles. The maximum Gasteiger partial charge on any atom is 0.472 e. The fraction of sp³-hybridized carbons (Fsp3) is 0.200. The number of hydrogen-bond donors (Lipinski definition) is 2. The van der Waals surface area contributed by atoms with Crippen LogP contribution in [0.3, 0.4) is 0 Å². The van der Waals surface area contributed by atoms with Gasteiger partial charge in [-0.15, -0.1) is 11.8 Å². The molecule has 0 aromatic heterocycles. The number of fused-ring (bicyclic) bond motifs is 1. The van der Waals surface area contributed by atoms with E-state index in [9.17, 15) is 22.8 Å². The Kier molecular flexibility index (Phi) is 5.49. The summed E-state index contributed by atoms with van der Waals surface area (Å²) in [6.07, 6.45) is -5.02. The molecule has 0 saturated heterocycles. The molecule has 2 aromatic carbocycles. The van der Waals surface area contributed by atoms with E-state index in [0.29, 0.717) is 5.75 Å². The molecule has 0 aliphatic rings. The van der Waals surface area contributed by atoms with Crippen LogP contribution in [0.1, 0.15) is 5.56 Å². The van der Waals surface area contributed by atoms with Gasteiger partial charge >= 0.3 is 12.1 Å². The van der Waals surface area contributed by atoms with Crippen molar-refractivity contribution in [1.29, 1.82) is 0 Å². The maximum absolute atomic E-state index is 12.0. The lowest BCUT2D eigenvalue weighted by atomic mass is 10.1. The summed E-state index contributed by atoms with van der Waals surface area (Å²) in [6.45, 7) is 0. The average Bonchev–Trinajstić information content (AvgIpc) is 2.52. The summed E-state index contributed by atoms with van der Waals surface area (Å²) in [6, 6.07) is 13.6. The van der Waals surface area contributed by atoms with Crippen LogP contribution in [-0.4, -0.2) is 23.7 Å². The van der Waals surface area contributed by atoms with Crippen LogP contribution < -0.4 is 10.9 Å². The van der Waals surface area contributed by atoms with Crippen molar-refractivity contribution in [2.24, 2.45) is 0 Å². The van der Waals surface area contributed by atoms with Crippen molar-refractivity contribution in [2.75, 3.05) is 5.75 Å². The van der Waals surface area contributed by atoms with Gasteiger partial charge in [0.25, 0.3) is 0 Å². The van der Waals surface area contributed by atoms with Gasteiger partial charge in [-0.25, -0.2) is 0 Å². The molecule has 0 radical (unpaired) electrons. The Morgan fingerprint density at radius 2 is 1.70 bits per heavy atom. The second-order valence-electron chi connectivity index (χ2n) is 4.63. The number of amides is 2. The standard InChI is InChI=1S/C15H13F3N2O2S/c16-15(17,18)14(22)20-19-13(21)9-23-8-11-6-3-5-10-4-1-2-7-12(10)11/h1-7H,8-9H2,(H,19,21)(H,20,22). The quantitative estimate of drug-likeness (QED) is 0.840. The molecule has 23 heavy (non-hydrogen) atoms. The van der Waals surface area contributed by atoms with Crippen LogP contribution >= 0.6 is 11.8 Å². The van der Waals surface area contributed by atoms with E-state index in [4.69, 9.17) is 0 Å². The van der Waals surface area contributed by atoms with Gasteiger partial charge in [0.15, 0.2) is 0 Å². The predicted molar refractivity (Wildman–Crippen MR) is 82.5 cm³/mol. The van der Waals surface area contributed by atoms with E-state index in [2.05, 4.69) is 0 Å². The zero-order valence-electron chi connectivity index (χ0n) is 11.8. The van der Waals surface area contributed by atoms with Gasteiger partial charge in [0.05, 0.1) is 5.75 Å². The summed E-state index contributed by atoms with van der Waals surface area (Å²) in [5.74, 6) is -2.44. The van der Waals surface area contributed by atoms with Crippen molar-refractivity contribution in [3.8, 4) is 0 Å². The number of halogens is 3. The van der Waals surface area contributed by atoms with Crippen molar-refractivity contribution in [2.45, 2.75) is 11.9 Å². The Bertz CT molecular complexity index is 714. The van der Waals surface area contributed by atoms with Crippen LogP contribution in [-0.2, 0) is 15.3 Å². The number of alkyl halides is 3. The number of carbonyl (C=O) groups is 2. The second-order valence-corrected chi connectivity index (χ2v) is 5.62. The molecule has 2 amide bonds. The molecule has 2 N–H and O–H groups in total. The van der Waals surface area contributed by atoms with Crippen molar-refractivity contribution in [3.63, 3.8) is 0 Å². The first kappa shape index (κ1) is 17.1. The van der Waals surface area contributed by atoms with Crippen molar-refractivity contribution in [3.05, 3.63) is 48.0 Å². The van der Waals surface area contributed by atoms with Gasteiger partial charge in [-0.2, -0.15) is 13.2 Å². The first-order valence-corrected chi connectivity index (χ1v) is 7.74. The van der Waals surface area contributed by atoms with Crippen LogP contribution in [0.2, 0.25) is 0 Å². The molecule has 0 heterocycles. The minimum atomic E-state index is -5.02. The van der Waals surface area contributed by atoms with E-state index >= 15 is 0 Å². The number of benzene rings is 2. The number of nitrogens with one attached hydrogen (secondary N) is 2. The highest BCUT2D eigenvalue weighted by Gasteiger charge is 2.38. The highest BCUT2D eigenvalue weighted by atomic mass is 32.2. The first-order valence-electron chi connectivity index (χ1n) is 6.58. The Balaban J connectivity index is 1.82. The summed E-state index contributed by atoms with van der Waals surface area (Å²) in [5, 5.41) is 2.14. The van der Waals surface area contributed by atoms with Crippen LogP contribution in [0.15, 0.2) is 42.5 Å². The van der Waals surface area contributed by atoms with Gasteiger partial charge in [0, 0.05) is 5.75 Å². The van der Waals surface area contributed by atoms with Crippen LogP contribution in [0, 0.1) is 0 Å². The molecule has 0 aliphatic heterocycles. The lowest BCUT2D eigenvalue weighted by Gasteiger charge is -2.09. The van der Waals surface area contributed by atoms with Gasteiger partial charge in [0.1, 0.15) is 0 Å². The van der Waals surface area contributed by atoms with Crippen molar-refractivity contribution >= 4 is 34.3 Å². The third-order valence-corrected chi connectivity index (χ3v) is 3.93. The summed E-state index contributed by atoms with van der Waals surface area (Å²) in [7, 11) is 0. The van der Waals surface area contributed by atoms with Crippen molar-refractivity contribution in [1.82, 2.24) is 10.9 Å². The highest BCUT2D eigenvalue weighted by Crippen LogP contribution is 2.22. The molecule has 0 atom stereocenters. The molecule has 0 unspecified atom stereocenters. The van der Waals surface area contributed by atoms with E-state index in [-0.39, 0.29) is 5.75 Å². The molecule has 4 nitrogen and oxygen atoms in total. The Morgan fingerprint density at radius 3 is 2.43 bits per heavy atom. The normalized spacial score (nSPS) is 11.3. The van der Waals surface area contributed by atoms with E-state index in [1.165, 1.54) is 17.2 Å². The van der Waals surface area contributed by atoms with Crippen LogP contribution in [0.5, 0.6) is 0 Å². The van der Waals surface area contributed by atoms with Crippen molar-refractivity contribution < 1.29 is 22.8 Å². The summed E-state index contributed by atoms with van der Waals surface area (Å²) in [5.41, 5.74) is 4.08. The summed E-state index contributed by atoms with van der Waals surface area (Å²) < 4.78 is 35.9. The fourth-order valence-electron chi connectivity index (χ4n) is 1.91. The van der Waals surface area contributed by atoms with E-state index < -0.39 is 18.0 Å². The smallest absolute Gasteiger partial charge is 0.272 e. The van der Waals surface area contributed by atoms with Gasteiger partial charge in [-0.1, -0.05) is 42.5 Å². The SMILES string of the molecule is O=C(CSCc1cccc2ccccc12)NNC(=O)C(F)(F)F. The largest absolute Gasteiger partial charge is 0.472 e. The fourth-order valence-corrected chi connectivity index (χ4v) is 2.74. The minimum Gasteiger partial charge on any atom is -0.272 e. The third kappa shape index (κ3) is 4.88. The monoisotopic (exact) mass is 342 g/mol. The maximum atomic E-state index is 12.0. The molecular formula is C15H13F3N2O2S.